The molecule has 0 heterocycles. The monoisotopic (exact) mass is 281 g/mol. The van der Waals surface area contributed by atoms with E-state index in [1.807, 2.05) is 4.72 Å². The fraction of sp³-hybridized carbons (Fsp3) is 0.556. The van der Waals surface area contributed by atoms with Gasteiger partial charge in [-0.1, -0.05) is 6.08 Å². The van der Waals surface area contributed by atoms with E-state index in [9.17, 15) is 23.1 Å². The lowest BCUT2D eigenvalue weighted by molar-refractivity contribution is -0.148. The van der Waals surface area contributed by atoms with Gasteiger partial charge in [0.05, 0.1) is 25.0 Å². The second kappa shape index (κ2) is 8.61. The number of hydrogen-bond acceptors (Lipinski definition) is 6. The van der Waals surface area contributed by atoms with Crippen molar-refractivity contribution in [2.24, 2.45) is 0 Å². The van der Waals surface area contributed by atoms with Gasteiger partial charge in [-0.15, -0.1) is 6.58 Å². The minimum atomic E-state index is -2.97. The van der Waals surface area contributed by atoms with Crippen LogP contribution >= 0.6 is 0 Å². The van der Waals surface area contributed by atoms with E-state index in [0.717, 1.165) is 6.08 Å². The molecule has 2 atom stereocenters. The zero-order valence-electron chi connectivity index (χ0n) is 9.44. The SMILES string of the molecule is C=C[C@@H](O)[C@H](COC(=O)CCC(=O)O)N[SH](=O)=O. The van der Waals surface area contributed by atoms with Crippen LogP contribution in [0.15, 0.2) is 12.7 Å². The molecule has 0 saturated carbocycles. The molecule has 0 amide bonds. The first-order chi connectivity index (χ1) is 8.36. The van der Waals surface area contributed by atoms with Gasteiger partial charge in [0.1, 0.15) is 6.61 Å². The number of nitrogens with one attached hydrogen (secondary N) is 1. The molecule has 8 nitrogen and oxygen atoms in total. The molecule has 0 aliphatic heterocycles. The van der Waals surface area contributed by atoms with Crippen LogP contribution in [0.1, 0.15) is 12.8 Å². The largest absolute Gasteiger partial charge is 0.481 e. The van der Waals surface area contributed by atoms with Gasteiger partial charge in [0.15, 0.2) is 0 Å². The highest BCUT2D eigenvalue weighted by Gasteiger charge is 2.19. The van der Waals surface area contributed by atoms with E-state index in [1.54, 1.807) is 0 Å². The van der Waals surface area contributed by atoms with E-state index in [1.165, 1.54) is 0 Å². The second-order valence-electron chi connectivity index (χ2n) is 3.30. The maximum absolute atomic E-state index is 11.1. The summed E-state index contributed by atoms with van der Waals surface area (Å²) in [6, 6.07) is -1.04. The van der Waals surface area contributed by atoms with Gasteiger partial charge in [0.2, 0.25) is 10.9 Å². The highest BCUT2D eigenvalue weighted by molar-refractivity contribution is 7.70. The van der Waals surface area contributed by atoms with Gasteiger partial charge < -0.3 is 14.9 Å². The first-order valence-corrected chi connectivity index (χ1v) is 6.13. The Kier molecular flexibility index (Phi) is 7.92. The molecular formula is C9H15NO7S. The van der Waals surface area contributed by atoms with Crippen molar-refractivity contribution in [2.75, 3.05) is 6.61 Å². The van der Waals surface area contributed by atoms with Crippen molar-refractivity contribution < 1.29 is 33.0 Å². The lowest BCUT2D eigenvalue weighted by Crippen LogP contribution is -2.42. The molecule has 0 fully saturated rings. The van der Waals surface area contributed by atoms with E-state index < -0.39 is 41.6 Å². The Morgan fingerprint density at radius 2 is 2.00 bits per heavy atom. The number of rotatable bonds is 9. The van der Waals surface area contributed by atoms with Crippen LogP contribution in [0.2, 0.25) is 0 Å². The zero-order chi connectivity index (χ0) is 14.1. The van der Waals surface area contributed by atoms with Gasteiger partial charge in [-0.25, -0.2) is 13.1 Å². The van der Waals surface area contributed by atoms with E-state index in [4.69, 9.17) is 5.11 Å². The first-order valence-electron chi connectivity index (χ1n) is 4.95. The van der Waals surface area contributed by atoms with Crippen LogP contribution in [0.25, 0.3) is 0 Å². The van der Waals surface area contributed by atoms with Crippen molar-refractivity contribution in [3.05, 3.63) is 12.7 Å². The lowest BCUT2D eigenvalue weighted by Gasteiger charge is -2.18. The van der Waals surface area contributed by atoms with Crippen molar-refractivity contribution in [3.8, 4) is 0 Å². The van der Waals surface area contributed by atoms with Crippen LogP contribution in [-0.4, -0.2) is 49.3 Å². The van der Waals surface area contributed by atoms with Gasteiger partial charge in [-0.05, 0) is 0 Å². The summed E-state index contributed by atoms with van der Waals surface area (Å²) in [5, 5.41) is 17.7. The molecule has 0 aromatic carbocycles. The summed E-state index contributed by atoms with van der Waals surface area (Å²) < 4.78 is 27.5. The second-order valence-corrected chi connectivity index (χ2v) is 4.07. The summed E-state index contributed by atoms with van der Waals surface area (Å²) in [7, 11) is -2.97. The molecule has 18 heavy (non-hydrogen) atoms. The summed E-state index contributed by atoms with van der Waals surface area (Å²) in [6.07, 6.45) is -0.834. The van der Waals surface area contributed by atoms with E-state index in [0.29, 0.717) is 0 Å². The van der Waals surface area contributed by atoms with Crippen LogP contribution in [-0.2, 0) is 25.2 Å². The molecule has 0 spiro atoms. The standard InChI is InChI=1S/C9H15NO7S/c1-2-7(11)6(10-18(15)16)5-17-9(14)4-3-8(12)13/h2,6-7,11,18H,1,3-5H2,(H,12,13)(H,10,15,16)/t6-,7+/m0/s1. The van der Waals surface area contributed by atoms with Gasteiger partial charge >= 0.3 is 11.9 Å². The Morgan fingerprint density at radius 3 is 2.44 bits per heavy atom. The quantitative estimate of drug-likeness (QED) is 0.228. The third-order valence-corrected chi connectivity index (χ3v) is 2.43. The van der Waals surface area contributed by atoms with Crippen LogP contribution in [0.3, 0.4) is 0 Å². The summed E-state index contributed by atoms with van der Waals surface area (Å²) in [5.74, 6) is -1.93. The first kappa shape index (κ1) is 16.6. The molecule has 3 N–H and O–H groups in total. The van der Waals surface area contributed by atoms with Crippen LogP contribution in [0.5, 0.6) is 0 Å². The maximum Gasteiger partial charge on any atom is 0.306 e. The van der Waals surface area contributed by atoms with Crippen molar-refractivity contribution in [2.45, 2.75) is 25.0 Å². The summed E-state index contributed by atoms with van der Waals surface area (Å²) in [6.45, 7) is 2.86. The minimum absolute atomic E-state index is 0.324. The number of carboxylic acids is 1. The maximum atomic E-state index is 11.1. The molecule has 0 rings (SSSR count). The number of hydrogen-bond donors (Lipinski definition) is 4. The summed E-state index contributed by atoms with van der Waals surface area (Å²) >= 11 is 0. The Morgan fingerprint density at radius 1 is 1.39 bits per heavy atom. The third-order valence-electron chi connectivity index (χ3n) is 1.89. The molecule has 104 valence electrons. The van der Waals surface area contributed by atoms with Crippen LogP contribution in [0, 0.1) is 0 Å². The Labute approximate surface area is 105 Å². The molecule has 0 aromatic heterocycles. The molecule has 0 aliphatic carbocycles. The molecule has 0 radical (unpaired) electrons. The van der Waals surface area contributed by atoms with Crippen molar-refractivity contribution in [3.63, 3.8) is 0 Å². The molecule has 0 unspecified atom stereocenters. The summed E-state index contributed by atoms with van der Waals surface area (Å²) in [4.78, 5) is 21.3. The smallest absolute Gasteiger partial charge is 0.306 e. The minimum Gasteiger partial charge on any atom is -0.481 e. The number of ether oxygens (including phenoxy) is 1. The van der Waals surface area contributed by atoms with Crippen molar-refractivity contribution in [1.82, 2.24) is 4.72 Å². The average Bonchev–Trinajstić information content (AvgIpc) is 2.30. The van der Waals surface area contributed by atoms with Crippen LogP contribution < -0.4 is 4.72 Å². The number of esters is 1. The summed E-state index contributed by atoms with van der Waals surface area (Å²) in [5.41, 5.74) is 0. The average molecular weight is 281 g/mol. The Hall–Kier alpha value is -1.45. The fourth-order valence-electron chi connectivity index (χ4n) is 0.976. The molecule has 0 aromatic rings. The number of carbonyl (C=O) groups is 2. The molecule has 0 saturated heterocycles. The number of aliphatic hydroxyl groups excluding tert-OH is 1. The normalized spacial score (nSPS) is 13.9. The molecule has 9 heteroatoms. The number of aliphatic carboxylic acids is 1. The van der Waals surface area contributed by atoms with Crippen molar-refractivity contribution in [1.29, 1.82) is 0 Å². The molecule has 0 bridgehead atoms. The van der Waals surface area contributed by atoms with E-state index in [2.05, 4.69) is 11.3 Å². The highest BCUT2D eigenvalue weighted by Crippen LogP contribution is 1.99. The number of carboxylic acid groups (broad SMARTS) is 1. The van der Waals surface area contributed by atoms with Gasteiger partial charge in [-0.2, -0.15) is 0 Å². The Balaban J connectivity index is 4.21. The third kappa shape index (κ3) is 7.76. The van der Waals surface area contributed by atoms with Gasteiger partial charge in [0.25, 0.3) is 0 Å². The van der Waals surface area contributed by atoms with Crippen LogP contribution in [0.4, 0.5) is 0 Å². The highest BCUT2D eigenvalue weighted by atomic mass is 32.2. The fourth-order valence-corrected chi connectivity index (χ4v) is 1.47. The number of carbonyl (C=O) groups excluding carboxylic acids is 1. The van der Waals surface area contributed by atoms with Crippen molar-refractivity contribution >= 4 is 22.8 Å². The van der Waals surface area contributed by atoms with E-state index >= 15 is 0 Å². The topological polar surface area (TPSA) is 130 Å². The number of thiol groups is 1. The Bertz CT molecular complexity index is 371. The lowest BCUT2D eigenvalue weighted by atomic mass is 10.2. The van der Waals surface area contributed by atoms with Gasteiger partial charge in [-0.3, -0.25) is 9.59 Å². The van der Waals surface area contributed by atoms with E-state index in [-0.39, 0.29) is 12.8 Å². The molecular weight excluding hydrogens is 266 g/mol. The van der Waals surface area contributed by atoms with Gasteiger partial charge in [0, 0.05) is 0 Å². The predicted molar refractivity (Wildman–Crippen MR) is 61.3 cm³/mol. The zero-order valence-corrected chi connectivity index (χ0v) is 10.3. The molecule has 0 aliphatic rings. The number of aliphatic hydroxyl groups is 1. The predicted octanol–water partition coefficient (Wildman–Crippen LogP) is -1.57.